The minimum atomic E-state index is -0.0939. The van der Waals surface area contributed by atoms with Gasteiger partial charge in [-0.15, -0.1) is 0 Å². The predicted molar refractivity (Wildman–Crippen MR) is 99.8 cm³/mol. The maximum atomic E-state index is 12.0. The van der Waals surface area contributed by atoms with Gasteiger partial charge in [0.05, 0.1) is 11.5 Å². The normalized spacial score (nSPS) is 58.8. The summed E-state index contributed by atoms with van der Waals surface area (Å²) in [5.74, 6) is 6.59. The molecule has 0 aliphatic heterocycles. The Bertz CT molecular complexity index is 761. The molecule has 6 rings (SSSR count). The summed E-state index contributed by atoms with van der Waals surface area (Å²) in [7, 11) is 0. The van der Waals surface area contributed by atoms with Gasteiger partial charge in [0.2, 0.25) is 0 Å². The second-order valence-corrected chi connectivity index (χ2v) is 10.8. The maximum Gasteiger partial charge on any atom is 0.155 e. The summed E-state index contributed by atoms with van der Waals surface area (Å²) in [5.41, 5.74) is 1.72. The van der Waals surface area contributed by atoms with Crippen molar-refractivity contribution >= 4 is 5.78 Å². The van der Waals surface area contributed by atoms with Crippen LogP contribution in [0.25, 0.3) is 0 Å². The van der Waals surface area contributed by atoms with Gasteiger partial charge in [-0.3, -0.25) is 4.79 Å². The summed E-state index contributed by atoms with van der Waals surface area (Å²) in [6.07, 6.45) is 11.8. The fourth-order valence-electron chi connectivity index (χ4n) is 9.19. The fraction of sp³-hybridized carbons (Fsp3) is 0.833. The van der Waals surface area contributed by atoms with Gasteiger partial charge in [-0.25, -0.2) is 0 Å². The minimum absolute atomic E-state index is 0.0939. The van der Waals surface area contributed by atoms with Gasteiger partial charge in [0.1, 0.15) is 0 Å². The monoisotopic (exact) mass is 349 g/mol. The molecule has 138 valence electrons. The Kier molecular flexibility index (Phi) is 2.96. The third kappa shape index (κ3) is 1.68. The molecule has 5 fully saturated rings. The molecule has 0 N–H and O–H groups in total. The Morgan fingerprint density at radius 3 is 2.73 bits per heavy atom. The van der Waals surface area contributed by atoms with Gasteiger partial charge >= 0.3 is 0 Å². The summed E-state index contributed by atoms with van der Waals surface area (Å²) in [4.78, 5) is 12.0. The number of carbonyl (C=O) groups excluding carboxylic acids is 1. The van der Waals surface area contributed by atoms with E-state index in [-0.39, 0.29) is 10.8 Å². The Labute approximate surface area is 157 Å². The molecule has 2 nitrogen and oxygen atoms in total. The zero-order valence-electron chi connectivity index (χ0n) is 16.2. The van der Waals surface area contributed by atoms with Crippen molar-refractivity contribution < 1.29 is 4.79 Å². The van der Waals surface area contributed by atoms with Crippen LogP contribution in [0.3, 0.4) is 0 Å². The van der Waals surface area contributed by atoms with Gasteiger partial charge in [0.25, 0.3) is 0 Å². The van der Waals surface area contributed by atoms with Crippen molar-refractivity contribution in [3.63, 3.8) is 0 Å². The number of hydrogen-bond donors (Lipinski definition) is 0. The minimum Gasteiger partial charge on any atom is -0.295 e. The van der Waals surface area contributed by atoms with Crippen LogP contribution in [-0.2, 0) is 4.79 Å². The van der Waals surface area contributed by atoms with Crippen LogP contribution in [0.15, 0.2) is 11.6 Å². The van der Waals surface area contributed by atoms with E-state index in [2.05, 4.69) is 26.0 Å². The van der Waals surface area contributed by atoms with E-state index in [4.69, 9.17) is 0 Å². The van der Waals surface area contributed by atoms with E-state index in [1.807, 2.05) is 0 Å². The number of hydrogen-bond acceptors (Lipinski definition) is 2. The highest BCUT2D eigenvalue weighted by Gasteiger charge is 2.72. The van der Waals surface area contributed by atoms with E-state index < -0.39 is 0 Å². The van der Waals surface area contributed by atoms with Crippen molar-refractivity contribution in [3.8, 4) is 6.07 Å². The standard InChI is InChI=1S/C24H31NO/c1-3-24-7-6-16-15-5-4-14(26)10-17(15)18-11-19(18)22(16)21(24)9-13-8-20(13)23(24,2)12-25/h10,13,15-16,18-22H,3-9,11H2,1-2H3/t13-,15+,16+,18+,19+,20-,21-,22-,23-,24-/m0/s1. The average Bonchev–Trinajstić information content (AvgIpc) is 3.55. The molecule has 0 unspecified atom stereocenters. The molecule has 26 heavy (non-hydrogen) atoms. The molecule has 0 bridgehead atoms. The molecule has 0 radical (unpaired) electrons. The highest BCUT2D eigenvalue weighted by atomic mass is 16.1. The lowest BCUT2D eigenvalue weighted by Crippen LogP contribution is -2.57. The maximum absolute atomic E-state index is 12.0. The van der Waals surface area contributed by atoms with Gasteiger partial charge in [0, 0.05) is 6.42 Å². The highest BCUT2D eigenvalue weighted by molar-refractivity contribution is 5.91. The lowest BCUT2D eigenvalue weighted by Gasteiger charge is -2.62. The van der Waals surface area contributed by atoms with Crippen molar-refractivity contribution in [2.45, 2.75) is 65.2 Å². The van der Waals surface area contributed by atoms with E-state index in [0.29, 0.717) is 17.6 Å². The molecule has 6 aliphatic carbocycles. The molecule has 0 heterocycles. The van der Waals surface area contributed by atoms with Gasteiger partial charge in [-0.2, -0.15) is 5.26 Å². The SMILES string of the molecule is CC[C@]12CC[C@H]3[C@@H]([C@@H]4C[C@@H]4C4=CC(=O)CC[C@@H]43)[C@@H]1C[C@@H]1C[C@@H]1[C@]2(C)C#N. The molecule has 6 aliphatic rings. The molecule has 0 saturated heterocycles. The molecule has 0 aromatic rings. The first-order chi connectivity index (χ1) is 12.5. The first kappa shape index (κ1) is 15.9. The van der Waals surface area contributed by atoms with Gasteiger partial charge in [-0.05, 0) is 111 Å². The van der Waals surface area contributed by atoms with Crippen molar-refractivity contribution in [3.05, 3.63) is 11.6 Å². The number of carbonyl (C=O) groups is 1. The Hall–Kier alpha value is -1.10. The summed E-state index contributed by atoms with van der Waals surface area (Å²) >= 11 is 0. The molecule has 0 aromatic heterocycles. The highest BCUT2D eigenvalue weighted by Crippen LogP contribution is 2.77. The van der Waals surface area contributed by atoms with Crippen LogP contribution in [0.4, 0.5) is 0 Å². The first-order valence-electron chi connectivity index (χ1n) is 11.2. The molecular formula is C24H31NO. The fourth-order valence-corrected chi connectivity index (χ4v) is 9.19. The van der Waals surface area contributed by atoms with Gasteiger partial charge in [0.15, 0.2) is 5.78 Å². The van der Waals surface area contributed by atoms with E-state index in [1.165, 1.54) is 38.5 Å². The van der Waals surface area contributed by atoms with Crippen molar-refractivity contribution in [1.82, 2.24) is 0 Å². The van der Waals surface area contributed by atoms with Crippen molar-refractivity contribution in [2.24, 2.45) is 58.2 Å². The number of nitriles is 1. The zero-order chi connectivity index (χ0) is 17.8. The third-order valence-corrected chi connectivity index (χ3v) is 10.4. The van der Waals surface area contributed by atoms with Crippen LogP contribution < -0.4 is 0 Å². The van der Waals surface area contributed by atoms with Crippen LogP contribution in [0.2, 0.25) is 0 Å². The summed E-state index contributed by atoms with van der Waals surface area (Å²) in [6.45, 7) is 4.72. The predicted octanol–water partition coefficient (Wildman–Crippen LogP) is 5.15. The smallest absolute Gasteiger partial charge is 0.155 e. The molecule has 10 atom stereocenters. The Balaban J connectivity index is 1.43. The molecular weight excluding hydrogens is 318 g/mol. The lowest BCUT2D eigenvalue weighted by atomic mass is 9.41. The average molecular weight is 350 g/mol. The Morgan fingerprint density at radius 1 is 1.15 bits per heavy atom. The van der Waals surface area contributed by atoms with Crippen LogP contribution in [0, 0.1) is 69.5 Å². The second kappa shape index (κ2) is 4.84. The molecule has 2 heteroatoms. The summed E-state index contributed by atoms with van der Waals surface area (Å²) in [5, 5.41) is 10.3. The van der Waals surface area contributed by atoms with Crippen LogP contribution in [-0.4, -0.2) is 5.78 Å². The van der Waals surface area contributed by atoms with E-state index in [1.54, 1.807) is 5.57 Å². The zero-order valence-corrected chi connectivity index (χ0v) is 16.2. The van der Waals surface area contributed by atoms with Crippen LogP contribution in [0.5, 0.6) is 0 Å². The van der Waals surface area contributed by atoms with Crippen molar-refractivity contribution in [1.29, 1.82) is 5.26 Å². The number of fused-ring (bicyclic) bond motifs is 9. The number of ketones is 1. The number of allylic oxidation sites excluding steroid dienone is 2. The van der Waals surface area contributed by atoms with E-state index in [9.17, 15) is 10.1 Å². The second-order valence-electron chi connectivity index (χ2n) is 10.8. The van der Waals surface area contributed by atoms with E-state index in [0.717, 1.165) is 48.3 Å². The van der Waals surface area contributed by atoms with Crippen molar-refractivity contribution in [2.75, 3.05) is 0 Å². The third-order valence-electron chi connectivity index (χ3n) is 10.4. The quantitative estimate of drug-likeness (QED) is 0.657. The summed E-state index contributed by atoms with van der Waals surface area (Å²) in [6, 6.07) is 2.89. The summed E-state index contributed by atoms with van der Waals surface area (Å²) < 4.78 is 0. The molecule has 5 saturated carbocycles. The van der Waals surface area contributed by atoms with E-state index >= 15 is 0 Å². The first-order valence-corrected chi connectivity index (χ1v) is 11.2. The molecule has 0 aromatic carbocycles. The van der Waals surface area contributed by atoms with Gasteiger partial charge < -0.3 is 0 Å². The Morgan fingerprint density at radius 2 is 1.96 bits per heavy atom. The van der Waals surface area contributed by atoms with Crippen LogP contribution >= 0.6 is 0 Å². The van der Waals surface area contributed by atoms with Gasteiger partial charge in [-0.1, -0.05) is 12.5 Å². The molecule has 0 amide bonds. The van der Waals surface area contributed by atoms with Crippen LogP contribution in [0.1, 0.15) is 65.2 Å². The number of nitrogens with zero attached hydrogens (tertiary/aromatic N) is 1. The number of rotatable bonds is 1. The lowest BCUT2D eigenvalue weighted by molar-refractivity contribution is -0.129. The largest absolute Gasteiger partial charge is 0.295 e. The topological polar surface area (TPSA) is 40.9 Å². The molecule has 0 spiro atoms.